The van der Waals surface area contributed by atoms with Crippen molar-refractivity contribution in [2.24, 2.45) is 0 Å². The molecule has 0 atom stereocenters. The summed E-state index contributed by atoms with van der Waals surface area (Å²) in [5.74, 6) is 0.0556. The van der Waals surface area contributed by atoms with Crippen molar-refractivity contribution in [1.82, 2.24) is 19.6 Å². The molecule has 2 aliphatic heterocycles. The van der Waals surface area contributed by atoms with Crippen LogP contribution in [0.2, 0.25) is 0 Å². The molecule has 0 aromatic rings. The lowest BCUT2D eigenvalue weighted by atomic mass is 10.4. The largest absolute Gasteiger partial charge is 0.266 e. The maximum absolute atomic E-state index is 2.50. The van der Waals surface area contributed by atoms with E-state index in [4.69, 9.17) is 0 Å². The molecule has 0 spiro atoms. The van der Waals surface area contributed by atoms with Crippen LogP contribution in [0.3, 0.4) is 0 Å². The van der Waals surface area contributed by atoms with Crippen molar-refractivity contribution in [3.8, 4) is 0 Å². The summed E-state index contributed by atoms with van der Waals surface area (Å²) in [5, 5.41) is 0. The summed E-state index contributed by atoms with van der Waals surface area (Å²) >= 11 is 0. The van der Waals surface area contributed by atoms with Gasteiger partial charge in [0.2, 0.25) is 0 Å². The Morgan fingerprint density at radius 3 is 1.23 bits per heavy atom. The SMILES string of the molecule is CN(C)C(N(C)C)(N1CC1)N1CC1. The van der Waals surface area contributed by atoms with E-state index in [-0.39, 0.29) is 5.91 Å². The topological polar surface area (TPSA) is 12.5 Å². The normalized spacial score (nSPS) is 24.5. The van der Waals surface area contributed by atoms with Crippen molar-refractivity contribution in [3.63, 3.8) is 0 Å². The molecule has 4 heteroatoms. The Labute approximate surface area is 80.7 Å². The Balaban J connectivity index is 2.23. The fraction of sp³-hybridized carbons (Fsp3) is 1.00. The number of rotatable bonds is 4. The highest BCUT2D eigenvalue weighted by Crippen LogP contribution is 2.34. The summed E-state index contributed by atoms with van der Waals surface area (Å²) in [6.07, 6.45) is 0. The Morgan fingerprint density at radius 2 is 1.08 bits per heavy atom. The van der Waals surface area contributed by atoms with Crippen LogP contribution in [-0.2, 0) is 0 Å². The molecule has 2 heterocycles. The van der Waals surface area contributed by atoms with E-state index in [0.717, 1.165) is 0 Å². The molecule has 0 aromatic carbocycles. The first-order valence-electron chi connectivity index (χ1n) is 4.95. The van der Waals surface area contributed by atoms with Crippen LogP contribution in [-0.4, -0.2) is 79.9 Å². The van der Waals surface area contributed by atoms with Gasteiger partial charge >= 0.3 is 0 Å². The van der Waals surface area contributed by atoms with Gasteiger partial charge in [0.05, 0.1) is 0 Å². The lowest BCUT2D eigenvalue weighted by molar-refractivity contribution is -0.152. The Morgan fingerprint density at radius 1 is 0.769 bits per heavy atom. The first-order chi connectivity index (χ1) is 6.10. The van der Waals surface area contributed by atoms with Gasteiger partial charge in [0, 0.05) is 26.2 Å². The lowest BCUT2D eigenvalue weighted by Gasteiger charge is -2.47. The maximum atomic E-state index is 2.50. The van der Waals surface area contributed by atoms with Crippen LogP contribution < -0.4 is 0 Å². The lowest BCUT2D eigenvalue weighted by Crippen LogP contribution is -2.65. The van der Waals surface area contributed by atoms with Gasteiger partial charge in [-0.2, -0.15) is 0 Å². The van der Waals surface area contributed by atoms with Gasteiger partial charge in [0.1, 0.15) is 0 Å². The molecular weight excluding hydrogens is 164 g/mol. The van der Waals surface area contributed by atoms with Crippen LogP contribution in [0.25, 0.3) is 0 Å². The summed E-state index contributed by atoms with van der Waals surface area (Å²) in [6, 6.07) is 0. The third-order valence-corrected chi connectivity index (χ3v) is 2.94. The van der Waals surface area contributed by atoms with E-state index in [1.165, 1.54) is 26.2 Å². The highest BCUT2D eigenvalue weighted by atomic mass is 15.7. The van der Waals surface area contributed by atoms with Gasteiger partial charge < -0.3 is 0 Å². The smallest absolute Gasteiger partial charge is 0.191 e. The summed E-state index contributed by atoms with van der Waals surface area (Å²) in [4.78, 5) is 9.62. The fourth-order valence-corrected chi connectivity index (χ4v) is 2.43. The summed E-state index contributed by atoms with van der Waals surface area (Å²) in [5.41, 5.74) is 0. The molecule has 76 valence electrons. The summed E-state index contributed by atoms with van der Waals surface area (Å²) in [6.45, 7) is 4.92. The molecule has 0 aromatic heterocycles. The van der Waals surface area contributed by atoms with Crippen molar-refractivity contribution in [1.29, 1.82) is 0 Å². The molecular formula is C9H20N4. The Hall–Kier alpha value is -0.160. The molecule has 2 rings (SSSR count). The second-order valence-electron chi connectivity index (χ2n) is 4.36. The average Bonchev–Trinajstić information content (AvgIpc) is 2.80. The van der Waals surface area contributed by atoms with Crippen LogP contribution in [0.15, 0.2) is 0 Å². The third-order valence-electron chi connectivity index (χ3n) is 2.94. The van der Waals surface area contributed by atoms with Gasteiger partial charge in [0.25, 0.3) is 0 Å². The predicted molar refractivity (Wildman–Crippen MR) is 53.3 cm³/mol. The minimum atomic E-state index is 0.0556. The van der Waals surface area contributed by atoms with Crippen LogP contribution in [0, 0.1) is 0 Å². The minimum Gasteiger partial charge on any atom is -0.266 e. The van der Waals surface area contributed by atoms with E-state index < -0.39 is 0 Å². The van der Waals surface area contributed by atoms with Crippen molar-refractivity contribution in [3.05, 3.63) is 0 Å². The van der Waals surface area contributed by atoms with Crippen LogP contribution >= 0.6 is 0 Å². The fourth-order valence-electron chi connectivity index (χ4n) is 2.43. The molecule has 2 fully saturated rings. The quantitative estimate of drug-likeness (QED) is 0.425. The highest BCUT2D eigenvalue weighted by Gasteiger charge is 2.54. The maximum Gasteiger partial charge on any atom is 0.191 e. The highest BCUT2D eigenvalue weighted by molar-refractivity contribution is 4.98. The summed E-state index contributed by atoms with van der Waals surface area (Å²) in [7, 11) is 8.65. The summed E-state index contributed by atoms with van der Waals surface area (Å²) < 4.78 is 0. The molecule has 13 heavy (non-hydrogen) atoms. The second kappa shape index (κ2) is 2.92. The molecule has 0 unspecified atom stereocenters. The van der Waals surface area contributed by atoms with E-state index in [0.29, 0.717) is 0 Å². The first kappa shape index (κ1) is 9.40. The van der Waals surface area contributed by atoms with E-state index in [1.54, 1.807) is 0 Å². The zero-order chi connectivity index (χ0) is 9.64. The van der Waals surface area contributed by atoms with Crippen LogP contribution in [0.5, 0.6) is 0 Å². The molecule has 0 aliphatic carbocycles. The average molecular weight is 184 g/mol. The van der Waals surface area contributed by atoms with E-state index in [9.17, 15) is 0 Å². The molecule has 0 saturated carbocycles. The number of hydrogen-bond acceptors (Lipinski definition) is 4. The molecule has 0 N–H and O–H groups in total. The van der Waals surface area contributed by atoms with E-state index in [2.05, 4.69) is 47.8 Å². The van der Waals surface area contributed by atoms with E-state index >= 15 is 0 Å². The zero-order valence-electron chi connectivity index (χ0n) is 9.12. The third kappa shape index (κ3) is 1.29. The zero-order valence-corrected chi connectivity index (χ0v) is 9.12. The molecule has 0 bridgehead atoms. The van der Waals surface area contributed by atoms with Gasteiger partial charge in [-0.25, -0.2) is 0 Å². The van der Waals surface area contributed by atoms with Gasteiger partial charge in [-0.3, -0.25) is 19.6 Å². The monoisotopic (exact) mass is 184 g/mol. The van der Waals surface area contributed by atoms with E-state index in [1.807, 2.05) is 0 Å². The predicted octanol–water partition coefficient (Wildman–Crippen LogP) is -0.648. The van der Waals surface area contributed by atoms with Crippen molar-refractivity contribution >= 4 is 0 Å². The molecule has 4 nitrogen and oxygen atoms in total. The van der Waals surface area contributed by atoms with Gasteiger partial charge in [0.15, 0.2) is 5.91 Å². The van der Waals surface area contributed by atoms with Crippen molar-refractivity contribution in [2.75, 3.05) is 54.4 Å². The van der Waals surface area contributed by atoms with Crippen LogP contribution in [0.4, 0.5) is 0 Å². The number of hydrogen-bond donors (Lipinski definition) is 0. The Kier molecular flexibility index (Phi) is 2.11. The van der Waals surface area contributed by atoms with Crippen molar-refractivity contribution < 1.29 is 0 Å². The molecule has 2 saturated heterocycles. The number of nitrogens with zero attached hydrogens (tertiary/aromatic N) is 4. The van der Waals surface area contributed by atoms with Gasteiger partial charge in [-0.05, 0) is 28.2 Å². The second-order valence-corrected chi connectivity index (χ2v) is 4.36. The van der Waals surface area contributed by atoms with Gasteiger partial charge in [-0.1, -0.05) is 0 Å². The van der Waals surface area contributed by atoms with Crippen LogP contribution in [0.1, 0.15) is 0 Å². The first-order valence-corrected chi connectivity index (χ1v) is 4.95. The minimum absolute atomic E-state index is 0.0556. The molecule has 0 radical (unpaired) electrons. The molecule has 2 aliphatic rings. The standard InChI is InChI=1S/C9H20N4/c1-10(2)9(11(3)4,12-5-6-12)13-7-8-13/h5-8H2,1-4H3. The Bertz CT molecular complexity index is 164. The molecule has 0 amide bonds. The van der Waals surface area contributed by atoms with Crippen molar-refractivity contribution in [2.45, 2.75) is 5.91 Å². The van der Waals surface area contributed by atoms with Gasteiger partial charge in [-0.15, -0.1) is 0 Å².